The first-order valence-corrected chi connectivity index (χ1v) is 8.05. The standard InChI is InChI=1S/C17H26ClNO/c1-4-11-19-16(17(2)9-5-6-10-17)14-12-13(18)7-8-15(14)20-3/h7-8,12,16,19H,4-6,9-11H2,1-3H3. The molecule has 1 N–H and O–H groups in total. The van der Waals surface area contributed by atoms with Crippen LogP contribution >= 0.6 is 11.6 Å². The number of hydrogen-bond acceptors (Lipinski definition) is 2. The summed E-state index contributed by atoms with van der Waals surface area (Å²) in [5.41, 5.74) is 1.51. The zero-order valence-electron chi connectivity index (χ0n) is 12.8. The van der Waals surface area contributed by atoms with E-state index in [9.17, 15) is 0 Å². The van der Waals surface area contributed by atoms with Crippen molar-refractivity contribution >= 4 is 11.6 Å². The van der Waals surface area contributed by atoms with Gasteiger partial charge in [0.25, 0.3) is 0 Å². The molecule has 112 valence electrons. The summed E-state index contributed by atoms with van der Waals surface area (Å²) in [6.45, 7) is 5.62. The fraction of sp³-hybridized carbons (Fsp3) is 0.647. The van der Waals surface area contributed by atoms with Crippen LogP contribution in [-0.4, -0.2) is 13.7 Å². The molecule has 1 unspecified atom stereocenters. The zero-order valence-corrected chi connectivity index (χ0v) is 13.6. The van der Waals surface area contributed by atoms with Gasteiger partial charge < -0.3 is 10.1 Å². The quantitative estimate of drug-likeness (QED) is 0.800. The topological polar surface area (TPSA) is 21.3 Å². The van der Waals surface area contributed by atoms with Crippen molar-refractivity contribution in [2.45, 2.75) is 52.0 Å². The van der Waals surface area contributed by atoms with Crippen LogP contribution in [0.15, 0.2) is 18.2 Å². The largest absolute Gasteiger partial charge is 0.496 e. The molecule has 1 aromatic carbocycles. The Kier molecular flexibility index (Phi) is 5.34. The summed E-state index contributed by atoms with van der Waals surface area (Å²) in [6, 6.07) is 6.27. The molecular formula is C17H26ClNO. The molecule has 2 rings (SSSR count). The van der Waals surface area contributed by atoms with Crippen LogP contribution in [-0.2, 0) is 0 Å². The SMILES string of the molecule is CCCNC(c1cc(Cl)ccc1OC)C1(C)CCCC1. The number of nitrogens with one attached hydrogen (secondary N) is 1. The van der Waals surface area contributed by atoms with Crippen LogP contribution in [0.1, 0.15) is 57.6 Å². The molecule has 1 saturated carbocycles. The minimum Gasteiger partial charge on any atom is -0.496 e. The number of halogens is 1. The van der Waals surface area contributed by atoms with Crippen LogP contribution in [0, 0.1) is 5.41 Å². The molecule has 1 fully saturated rings. The Morgan fingerprint density at radius 3 is 2.65 bits per heavy atom. The first-order valence-electron chi connectivity index (χ1n) is 7.67. The third-order valence-corrected chi connectivity index (χ3v) is 4.78. The van der Waals surface area contributed by atoms with Gasteiger partial charge in [-0.3, -0.25) is 0 Å². The van der Waals surface area contributed by atoms with E-state index in [0.29, 0.717) is 11.5 Å². The van der Waals surface area contributed by atoms with E-state index >= 15 is 0 Å². The van der Waals surface area contributed by atoms with Crippen molar-refractivity contribution in [1.82, 2.24) is 5.32 Å². The predicted octanol–water partition coefficient (Wildman–Crippen LogP) is 4.97. The Balaban J connectivity index is 2.37. The van der Waals surface area contributed by atoms with Crippen LogP contribution in [0.5, 0.6) is 5.75 Å². The minimum absolute atomic E-state index is 0.299. The van der Waals surface area contributed by atoms with Gasteiger partial charge in [0.1, 0.15) is 5.75 Å². The van der Waals surface area contributed by atoms with Gasteiger partial charge in [-0.1, -0.05) is 38.3 Å². The first-order chi connectivity index (χ1) is 9.60. The third-order valence-electron chi connectivity index (χ3n) is 4.54. The van der Waals surface area contributed by atoms with Crippen LogP contribution < -0.4 is 10.1 Å². The van der Waals surface area contributed by atoms with E-state index in [1.54, 1.807) is 7.11 Å². The molecule has 0 heterocycles. The monoisotopic (exact) mass is 295 g/mol. The van der Waals surface area contributed by atoms with Crippen LogP contribution in [0.3, 0.4) is 0 Å². The number of benzene rings is 1. The Morgan fingerprint density at radius 2 is 2.05 bits per heavy atom. The van der Waals surface area contributed by atoms with Gasteiger partial charge in [0, 0.05) is 16.6 Å². The lowest BCUT2D eigenvalue weighted by atomic mass is 9.77. The van der Waals surface area contributed by atoms with Gasteiger partial charge in [0.05, 0.1) is 7.11 Å². The highest BCUT2D eigenvalue weighted by Crippen LogP contribution is 2.49. The molecule has 0 amide bonds. The summed E-state index contributed by atoms with van der Waals surface area (Å²) >= 11 is 6.22. The van der Waals surface area contributed by atoms with Gasteiger partial charge >= 0.3 is 0 Å². The maximum atomic E-state index is 6.22. The molecule has 0 aliphatic heterocycles. The Morgan fingerprint density at radius 1 is 1.35 bits per heavy atom. The lowest BCUT2D eigenvalue weighted by Gasteiger charge is -2.36. The average Bonchev–Trinajstić information content (AvgIpc) is 2.87. The second-order valence-corrected chi connectivity index (χ2v) is 6.57. The van der Waals surface area contributed by atoms with Gasteiger partial charge in [-0.15, -0.1) is 0 Å². The smallest absolute Gasteiger partial charge is 0.123 e. The van der Waals surface area contributed by atoms with Gasteiger partial charge in [0.15, 0.2) is 0 Å². The van der Waals surface area contributed by atoms with Crippen molar-refractivity contribution in [3.8, 4) is 5.75 Å². The van der Waals surface area contributed by atoms with Gasteiger partial charge in [0.2, 0.25) is 0 Å². The van der Waals surface area contributed by atoms with Crippen molar-refractivity contribution in [2.24, 2.45) is 5.41 Å². The fourth-order valence-electron chi connectivity index (χ4n) is 3.42. The van der Waals surface area contributed by atoms with E-state index in [0.717, 1.165) is 23.7 Å². The number of ether oxygens (including phenoxy) is 1. The highest BCUT2D eigenvalue weighted by atomic mass is 35.5. The minimum atomic E-state index is 0.299. The van der Waals surface area contributed by atoms with E-state index < -0.39 is 0 Å². The molecule has 0 radical (unpaired) electrons. The van der Waals surface area contributed by atoms with E-state index in [4.69, 9.17) is 16.3 Å². The van der Waals surface area contributed by atoms with Gasteiger partial charge in [-0.25, -0.2) is 0 Å². The first kappa shape index (κ1) is 15.7. The highest BCUT2D eigenvalue weighted by molar-refractivity contribution is 6.30. The maximum Gasteiger partial charge on any atom is 0.123 e. The predicted molar refractivity (Wildman–Crippen MR) is 85.6 cm³/mol. The van der Waals surface area contributed by atoms with Crippen LogP contribution in [0.4, 0.5) is 0 Å². The van der Waals surface area contributed by atoms with Crippen LogP contribution in [0.2, 0.25) is 5.02 Å². The Hall–Kier alpha value is -0.730. The summed E-state index contributed by atoms with van der Waals surface area (Å²) in [5.74, 6) is 0.941. The van der Waals surface area contributed by atoms with E-state index in [1.165, 1.54) is 31.2 Å². The number of methoxy groups -OCH3 is 1. The lowest BCUT2D eigenvalue weighted by Crippen LogP contribution is -2.35. The average molecular weight is 296 g/mol. The van der Waals surface area contributed by atoms with E-state index in [-0.39, 0.29) is 0 Å². The maximum absolute atomic E-state index is 6.22. The summed E-state index contributed by atoms with van der Waals surface area (Å²) in [7, 11) is 1.74. The van der Waals surface area contributed by atoms with Crippen LogP contribution in [0.25, 0.3) is 0 Å². The fourth-order valence-corrected chi connectivity index (χ4v) is 3.60. The van der Waals surface area contributed by atoms with Gasteiger partial charge in [-0.2, -0.15) is 0 Å². The molecular weight excluding hydrogens is 270 g/mol. The van der Waals surface area contributed by atoms with Crippen molar-refractivity contribution in [3.63, 3.8) is 0 Å². The zero-order chi connectivity index (χ0) is 14.6. The van der Waals surface area contributed by atoms with E-state index in [1.807, 2.05) is 12.1 Å². The highest BCUT2D eigenvalue weighted by Gasteiger charge is 2.38. The molecule has 0 aromatic heterocycles. The Labute approximate surface area is 127 Å². The van der Waals surface area contributed by atoms with E-state index in [2.05, 4.69) is 25.2 Å². The van der Waals surface area contributed by atoms with Crippen molar-refractivity contribution in [1.29, 1.82) is 0 Å². The molecule has 1 aromatic rings. The molecule has 3 heteroatoms. The molecule has 1 atom stereocenters. The van der Waals surface area contributed by atoms with Gasteiger partial charge in [-0.05, 0) is 49.4 Å². The molecule has 1 aliphatic rings. The summed E-state index contributed by atoms with van der Waals surface area (Å²) in [6.07, 6.45) is 6.32. The molecule has 2 nitrogen and oxygen atoms in total. The number of hydrogen-bond donors (Lipinski definition) is 1. The normalized spacial score (nSPS) is 19.0. The molecule has 0 spiro atoms. The summed E-state index contributed by atoms with van der Waals surface area (Å²) in [5, 5.41) is 4.51. The van der Waals surface area contributed by atoms with Crippen molar-refractivity contribution in [2.75, 3.05) is 13.7 Å². The van der Waals surface area contributed by atoms with Crippen molar-refractivity contribution < 1.29 is 4.74 Å². The second kappa shape index (κ2) is 6.82. The summed E-state index contributed by atoms with van der Waals surface area (Å²) < 4.78 is 5.57. The number of rotatable bonds is 6. The second-order valence-electron chi connectivity index (χ2n) is 6.13. The summed E-state index contributed by atoms with van der Waals surface area (Å²) in [4.78, 5) is 0. The third kappa shape index (κ3) is 3.29. The Bertz CT molecular complexity index is 441. The molecule has 1 aliphatic carbocycles. The lowest BCUT2D eigenvalue weighted by molar-refractivity contribution is 0.219. The molecule has 0 bridgehead atoms. The molecule has 0 saturated heterocycles. The molecule has 20 heavy (non-hydrogen) atoms. The van der Waals surface area contributed by atoms with Crippen molar-refractivity contribution in [3.05, 3.63) is 28.8 Å².